The van der Waals surface area contributed by atoms with Crippen molar-refractivity contribution in [3.63, 3.8) is 0 Å². The Morgan fingerprint density at radius 3 is 1.22 bits per heavy atom. The van der Waals surface area contributed by atoms with Crippen LogP contribution in [0.2, 0.25) is 0 Å². The van der Waals surface area contributed by atoms with Crippen molar-refractivity contribution in [2.45, 2.75) is 116 Å². The number of hydrogen-bond donors (Lipinski definition) is 0. The summed E-state index contributed by atoms with van der Waals surface area (Å²) in [6.45, 7) is 6.85. The summed E-state index contributed by atoms with van der Waals surface area (Å²) >= 11 is 0. The van der Waals surface area contributed by atoms with Crippen molar-refractivity contribution in [3.8, 4) is 0 Å². The molecule has 0 saturated heterocycles. The van der Waals surface area contributed by atoms with Crippen molar-refractivity contribution in [2.24, 2.45) is 0 Å². The largest absolute Gasteiger partial charge is 0.375 e. The van der Waals surface area contributed by atoms with E-state index in [0.717, 1.165) is 13.1 Å². The fourth-order valence-corrected chi connectivity index (χ4v) is 3.59. The van der Waals surface area contributed by atoms with E-state index >= 15 is 0 Å². The molecule has 0 bridgehead atoms. The third-order valence-corrected chi connectivity index (χ3v) is 5.44. The number of rotatable bonds is 20. The molecule has 0 fully saturated rings. The van der Waals surface area contributed by atoms with E-state index in [-0.39, 0.29) is 0 Å². The van der Waals surface area contributed by atoms with Crippen molar-refractivity contribution in [2.75, 3.05) is 41.3 Å². The molecule has 0 saturated carbocycles. The normalized spacial score (nSPS) is 14.2. The van der Waals surface area contributed by atoms with Crippen LogP contribution in [0.25, 0.3) is 0 Å². The van der Waals surface area contributed by atoms with E-state index in [1.165, 1.54) is 89.9 Å². The van der Waals surface area contributed by atoms with Crippen LogP contribution in [-0.2, 0) is 4.74 Å². The summed E-state index contributed by atoms with van der Waals surface area (Å²) in [7, 11) is 8.70. The van der Waals surface area contributed by atoms with E-state index < -0.39 is 0 Å². The number of unbranched alkanes of at least 4 members (excludes halogenated alkanes) is 8. The van der Waals surface area contributed by atoms with Gasteiger partial charge in [-0.25, -0.2) is 0 Å². The Labute approximate surface area is 172 Å². The van der Waals surface area contributed by atoms with Crippen molar-refractivity contribution in [3.05, 3.63) is 0 Å². The van der Waals surface area contributed by atoms with Gasteiger partial charge in [-0.3, -0.25) is 0 Å². The highest BCUT2D eigenvalue weighted by atomic mass is 16.5. The van der Waals surface area contributed by atoms with Crippen molar-refractivity contribution < 1.29 is 4.74 Å². The lowest BCUT2D eigenvalue weighted by Crippen LogP contribution is -2.29. The molecule has 0 aliphatic heterocycles. The molecule has 3 heteroatoms. The van der Waals surface area contributed by atoms with E-state index in [9.17, 15) is 0 Å². The van der Waals surface area contributed by atoms with Crippen LogP contribution < -0.4 is 0 Å². The Morgan fingerprint density at radius 2 is 0.889 bits per heavy atom. The minimum atomic E-state index is 0.442. The quantitative estimate of drug-likeness (QED) is 0.227. The summed E-state index contributed by atoms with van der Waals surface area (Å²) in [4.78, 5) is 4.60. The summed E-state index contributed by atoms with van der Waals surface area (Å²) in [5.74, 6) is 0. The van der Waals surface area contributed by atoms with Crippen LogP contribution >= 0.6 is 0 Å². The summed E-state index contributed by atoms with van der Waals surface area (Å²) < 4.78 is 6.71. The second-order valence-electron chi connectivity index (χ2n) is 8.97. The molecule has 0 radical (unpaired) electrons. The highest BCUT2D eigenvalue weighted by Crippen LogP contribution is 2.19. The van der Waals surface area contributed by atoms with Gasteiger partial charge >= 0.3 is 0 Å². The molecule has 2 atom stereocenters. The monoisotopic (exact) mass is 384 g/mol. The van der Waals surface area contributed by atoms with E-state index in [1.807, 2.05) is 0 Å². The van der Waals surface area contributed by atoms with Crippen LogP contribution in [0.1, 0.15) is 104 Å². The number of ether oxygens (including phenoxy) is 1. The average molecular weight is 385 g/mol. The molecule has 0 rings (SSSR count). The van der Waals surface area contributed by atoms with Gasteiger partial charge in [0.2, 0.25) is 0 Å². The lowest BCUT2D eigenvalue weighted by Gasteiger charge is -2.27. The summed E-state index contributed by atoms with van der Waals surface area (Å²) in [6, 6.07) is 0. The van der Waals surface area contributed by atoms with Crippen LogP contribution in [-0.4, -0.2) is 63.3 Å². The zero-order valence-corrected chi connectivity index (χ0v) is 19.8. The first-order valence-corrected chi connectivity index (χ1v) is 11.9. The molecule has 0 aromatic carbocycles. The first-order valence-electron chi connectivity index (χ1n) is 11.9. The van der Waals surface area contributed by atoms with E-state index in [2.05, 4.69) is 51.8 Å². The second-order valence-corrected chi connectivity index (χ2v) is 8.97. The third-order valence-electron chi connectivity index (χ3n) is 5.44. The predicted octanol–water partition coefficient (Wildman–Crippen LogP) is 6.36. The number of hydrogen-bond acceptors (Lipinski definition) is 3. The van der Waals surface area contributed by atoms with E-state index in [1.54, 1.807) is 0 Å². The SMILES string of the molecule is CCCCCCCC(CCN(C)C)OC(CCCCCCC)CCN(C)C. The summed E-state index contributed by atoms with van der Waals surface area (Å²) in [5, 5.41) is 0. The lowest BCUT2D eigenvalue weighted by molar-refractivity contribution is -0.0348. The summed E-state index contributed by atoms with van der Waals surface area (Å²) in [6.07, 6.45) is 19.3. The molecule has 0 spiro atoms. The van der Waals surface area contributed by atoms with Gasteiger partial charge in [0, 0.05) is 0 Å². The Balaban J connectivity index is 4.46. The molecular formula is C24H52N2O. The van der Waals surface area contributed by atoms with Crippen LogP contribution in [0.3, 0.4) is 0 Å². The minimum Gasteiger partial charge on any atom is -0.375 e. The Kier molecular flexibility index (Phi) is 19.1. The van der Waals surface area contributed by atoms with Gasteiger partial charge in [-0.05, 0) is 67.0 Å². The Bertz CT molecular complexity index is 266. The second kappa shape index (κ2) is 19.2. The van der Waals surface area contributed by atoms with Gasteiger partial charge in [-0.1, -0.05) is 78.1 Å². The fraction of sp³-hybridized carbons (Fsp3) is 1.00. The Morgan fingerprint density at radius 1 is 0.519 bits per heavy atom. The topological polar surface area (TPSA) is 15.7 Å². The first kappa shape index (κ1) is 26.9. The van der Waals surface area contributed by atoms with Crippen LogP contribution in [0.5, 0.6) is 0 Å². The predicted molar refractivity (Wildman–Crippen MR) is 122 cm³/mol. The van der Waals surface area contributed by atoms with Crippen LogP contribution in [0.15, 0.2) is 0 Å². The fourth-order valence-electron chi connectivity index (χ4n) is 3.59. The molecular weight excluding hydrogens is 332 g/mol. The standard InChI is InChI=1S/C24H52N2O/c1-7-9-11-13-15-17-23(19-21-25(3)4)27-24(20-22-26(5)6)18-16-14-12-10-8-2/h23-24H,7-22H2,1-6H3. The number of nitrogens with zero attached hydrogens (tertiary/aromatic N) is 2. The maximum atomic E-state index is 6.71. The van der Waals surface area contributed by atoms with E-state index in [0.29, 0.717) is 12.2 Å². The Hall–Kier alpha value is -0.120. The molecule has 0 N–H and O–H groups in total. The third kappa shape index (κ3) is 19.0. The van der Waals surface area contributed by atoms with Gasteiger partial charge < -0.3 is 14.5 Å². The molecule has 3 nitrogen and oxygen atoms in total. The maximum Gasteiger partial charge on any atom is 0.0591 e. The lowest BCUT2D eigenvalue weighted by atomic mass is 10.0. The van der Waals surface area contributed by atoms with Crippen molar-refractivity contribution >= 4 is 0 Å². The van der Waals surface area contributed by atoms with Crippen LogP contribution in [0.4, 0.5) is 0 Å². The smallest absolute Gasteiger partial charge is 0.0591 e. The molecule has 27 heavy (non-hydrogen) atoms. The molecule has 2 unspecified atom stereocenters. The minimum absolute atomic E-state index is 0.442. The molecule has 0 aromatic rings. The zero-order chi connectivity index (χ0) is 20.3. The van der Waals surface area contributed by atoms with Gasteiger partial charge in [0.25, 0.3) is 0 Å². The molecule has 164 valence electrons. The summed E-state index contributed by atoms with van der Waals surface area (Å²) in [5.41, 5.74) is 0. The molecule has 0 aromatic heterocycles. The molecule has 0 amide bonds. The highest BCUT2D eigenvalue weighted by molar-refractivity contribution is 4.68. The van der Waals surface area contributed by atoms with Gasteiger partial charge in [-0.2, -0.15) is 0 Å². The van der Waals surface area contributed by atoms with Crippen molar-refractivity contribution in [1.82, 2.24) is 9.80 Å². The van der Waals surface area contributed by atoms with E-state index in [4.69, 9.17) is 4.74 Å². The molecule has 0 heterocycles. The van der Waals surface area contributed by atoms with Crippen LogP contribution in [0, 0.1) is 0 Å². The average Bonchev–Trinajstić information content (AvgIpc) is 2.62. The molecule has 0 aliphatic carbocycles. The molecule has 0 aliphatic rings. The van der Waals surface area contributed by atoms with Gasteiger partial charge in [-0.15, -0.1) is 0 Å². The highest BCUT2D eigenvalue weighted by Gasteiger charge is 2.17. The maximum absolute atomic E-state index is 6.71. The first-order chi connectivity index (χ1) is 13.0. The van der Waals surface area contributed by atoms with Gasteiger partial charge in [0.15, 0.2) is 0 Å². The van der Waals surface area contributed by atoms with Gasteiger partial charge in [0.1, 0.15) is 0 Å². The zero-order valence-electron chi connectivity index (χ0n) is 19.8. The van der Waals surface area contributed by atoms with Gasteiger partial charge in [0.05, 0.1) is 12.2 Å². The van der Waals surface area contributed by atoms with Crippen molar-refractivity contribution in [1.29, 1.82) is 0 Å².